The Bertz CT molecular complexity index is 1310. The van der Waals surface area contributed by atoms with Crippen molar-refractivity contribution in [2.45, 2.75) is 31.0 Å². The fraction of sp³-hybridized carbons (Fsp3) is 0.200. The lowest BCUT2D eigenvalue weighted by molar-refractivity contribution is -0.0998. The summed E-state index contributed by atoms with van der Waals surface area (Å²) in [7, 11) is -3.03. The molecule has 0 fully saturated rings. The predicted octanol–water partition coefficient (Wildman–Crippen LogP) is 5.96. The van der Waals surface area contributed by atoms with E-state index in [1.54, 1.807) is 38.1 Å². The summed E-state index contributed by atoms with van der Waals surface area (Å²) in [5.74, 6) is -0.133. The van der Waals surface area contributed by atoms with Gasteiger partial charge in [-0.05, 0) is 60.3 Å². The molecule has 3 aromatic carbocycles. The third kappa shape index (κ3) is 4.41. The van der Waals surface area contributed by atoms with Gasteiger partial charge in [-0.2, -0.15) is 13.2 Å². The average molecular weight is 490 g/mol. The number of benzene rings is 3. The van der Waals surface area contributed by atoms with Gasteiger partial charge in [-0.25, -0.2) is 8.42 Å². The molecule has 0 radical (unpaired) electrons. The van der Waals surface area contributed by atoms with Crippen molar-refractivity contribution in [3.05, 3.63) is 101 Å². The van der Waals surface area contributed by atoms with Gasteiger partial charge < -0.3 is 9.57 Å². The first-order valence-corrected chi connectivity index (χ1v) is 11.8. The smallest absolute Gasteiger partial charge is 0.418 e. The maximum absolute atomic E-state index is 14.5. The Balaban J connectivity index is 1.93. The molecule has 1 aliphatic rings. The Morgan fingerprint density at radius 2 is 1.38 bits per heavy atom. The van der Waals surface area contributed by atoms with E-state index in [9.17, 15) is 21.6 Å². The largest absolute Gasteiger partial charge is 0.497 e. The Kier molecular flexibility index (Phi) is 6.18. The lowest BCUT2D eigenvalue weighted by atomic mass is 9.96. The van der Waals surface area contributed by atoms with Crippen LogP contribution in [0.15, 0.2) is 83.3 Å². The van der Waals surface area contributed by atoms with E-state index in [4.69, 9.17) is 9.57 Å². The van der Waals surface area contributed by atoms with E-state index in [-0.39, 0.29) is 16.0 Å². The van der Waals surface area contributed by atoms with Crippen LogP contribution < -0.4 is 4.74 Å². The van der Waals surface area contributed by atoms with E-state index in [1.807, 2.05) is 0 Å². The molecular weight excluding hydrogens is 467 g/mol. The summed E-state index contributed by atoms with van der Waals surface area (Å²) in [6, 6.07) is 16.1. The van der Waals surface area contributed by atoms with Crippen molar-refractivity contribution < 1.29 is 31.2 Å². The number of nitrogens with zero attached hydrogens (tertiary/aromatic N) is 1. The number of hydrogen-bond acceptors (Lipinski definition) is 4. The van der Waals surface area contributed by atoms with E-state index in [1.165, 1.54) is 55.6 Å². The number of methoxy groups -OCH3 is 1. The molecule has 178 valence electrons. The molecule has 0 bridgehead atoms. The average Bonchev–Trinajstić information content (AvgIpc) is 3.22. The van der Waals surface area contributed by atoms with Gasteiger partial charge in [0.05, 0.1) is 12.0 Å². The molecule has 4 rings (SSSR count). The zero-order valence-electron chi connectivity index (χ0n) is 18.6. The molecule has 3 aromatic rings. The molecule has 1 atom stereocenters. The minimum Gasteiger partial charge on any atom is -0.497 e. The van der Waals surface area contributed by atoms with Crippen LogP contribution in [0.1, 0.15) is 28.3 Å². The van der Waals surface area contributed by atoms with Crippen molar-refractivity contribution in [2.75, 3.05) is 7.11 Å². The van der Waals surface area contributed by atoms with Crippen molar-refractivity contribution >= 4 is 15.8 Å². The number of aryl methyl sites for hydroxylation is 2. The first-order chi connectivity index (χ1) is 16.0. The van der Waals surface area contributed by atoms with Gasteiger partial charge in [0.25, 0.3) is 10.0 Å². The molecule has 0 unspecified atom stereocenters. The standard InChI is InChI=1S/C25H22F3NO4S/c1-16-4-8-18(9-5-16)23-22(25(26,27)28)24(19-10-12-20(32-3)13-11-19)33-29(23)34(30,31)21-14-6-17(2)7-15-21/h4-15,23H,1-3H3/t23-/m1/s1. The van der Waals surface area contributed by atoms with E-state index < -0.39 is 33.6 Å². The summed E-state index contributed by atoms with van der Waals surface area (Å²) >= 11 is 0. The molecule has 34 heavy (non-hydrogen) atoms. The zero-order chi connectivity index (χ0) is 24.7. The monoisotopic (exact) mass is 489 g/mol. The third-order valence-corrected chi connectivity index (χ3v) is 7.14. The fourth-order valence-corrected chi connectivity index (χ4v) is 5.06. The van der Waals surface area contributed by atoms with Crippen LogP contribution in [0.2, 0.25) is 0 Å². The van der Waals surface area contributed by atoms with Gasteiger partial charge in [-0.1, -0.05) is 47.5 Å². The van der Waals surface area contributed by atoms with Crippen molar-refractivity contribution in [1.29, 1.82) is 0 Å². The molecule has 0 N–H and O–H groups in total. The second-order valence-electron chi connectivity index (χ2n) is 7.95. The normalized spacial score (nSPS) is 17.1. The van der Waals surface area contributed by atoms with Gasteiger partial charge >= 0.3 is 6.18 Å². The summed E-state index contributed by atoms with van der Waals surface area (Å²) < 4.78 is 76.1. The molecule has 9 heteroatoms. The van der Waals surface area contributed by atoms with Crippen molar-refractivity contribution in [3.63, 3.8) is 0 Å². The molecule has 1 heterocycles. The summed E-state index contributed by atoms with van der Waals surface area (Å²) in [5, 5.41) is 0. The summed E-state index contributed by atoms with van der Waals surface area (Å²) in [6.45, 7) is 3.57. The molecule has 5 nitrogen and oxygen atoms in total. The minimum atomic E-state index is -4.87. The SMILES string of the molecule is COc1ccc(C2=C(C(F)(F)F)[C@@H](c3ccc(C)cc3)N(S(=O)(=O)c3ccc(C)cc3)O2)cc1. The molecule has 1 aliphatic heterocycles. The number of alkyl halides is 3. The van der Waals surface area contributed by atoms with E-state index >= 15 is 0 Å². The van der Waals surface area contributed by atoms with Gasteiger partial charge in [0.1, 0.15) is 17.4 Å². The van der Waals surface area contributed by atoms with Gasteiger partial charge in [-0.3, -0.25) is 0 Å². The molecule has 0 saturated carbocycles. The van der Waals surface area contributed by atoms with Crippen LogP contribution in [0.4, 0.5) is 13.2 Å². The number of hydroxylamine groups is 1. The first kappa shape index (κ1) is 23.8. The molecule has 0 spiro atoms. The van der Waals surface area contributed by atoms with Crippen LogP contribution in [0.5, 0.6) is 5.75 Å². The van der Waals surface area contributed by atoms with Crippen LogP contribution in [-0.4, -0.2) is 26.2 Å². The topological polar surface area (TPSA) is 55.8 Å². The number of hydrogen-bond donors (Lipinski definition) is 0. The van der Waals surface area contributed by atoms with Gasteiger partial charge in [0.2, 0.25) is 0 Å². The van der Waals surface area contributed by atoms with Gasteiger partial charge in [-0.15, -0.1) is 0 Å². The van der Waals surface area contributed by atoms with Gasteiger partial charge in [0, 0.05) is 5.56 Å². The van der Waals surface area contributed by atoms with Gasteiger partial charge in [0.15, 0.2) is 5.76 Å². The second kappa shape index (κ2) is 8.81. The quantitative estimate of drug-likeness (QED) is 0.444. The van der Waals surface area contributed by atoms with Crippen LogP contribution in [-0.2, 0) is 14.9 Å². The zero-order valence-corrected chi connectivity index (χ0v) is 19.4. The van der Waals surface area contributed by atoms with Crippen LogP contribution in [0.25, 0.3) is 5.76 Å². The van der Waals surface area contributed by atoms with Crippen LogP contribution >= 0.6 is 0 Å². The first-order valence-electron chi connectivity index (χ1n) is 10.3. The Morgan fingerprint density at radius 1 is 0.853 bits per heavy atom. The maximum atomic E-state index is 14.5. The number of halogens is 3. The third-order valence-electron chi connectivity index (χ3n) is 5.52. The lowest BCUT2D eigenvalue weighted by Gasteiger charge is -2.25. The van der Waals surface area contributed by atoms with Crippen LogP contribution in [0.3, 0.4) is 0 Å². The maximum Gasteiger partial charge on any atom is 0.418 e. The summed E-state index contributed by atoms with van der Waals surface area (Å²) in [6.07, 6.45) is -4.87. The number of ether oxygens (including phenoxy) is 1. The summed E-state index contributed by atoms with van der Waals surface area (Å²) in [5.41, 5.74) is 0.745. The molecular formula is C25H22F3NO4S. The molecule has 0 aromatic heterocycles. The highest BCUT2D eigenvalue weighted by atomic mass is 32.2. The minimum absolute atomic E-state index is 0.0758. The Morgan fingerprint density at radius 3 is 1.88 bits per heavy atom. The Labute approximate surface area is 196 Å². The van der Waals surface area contributed by atoms with E-state index in [0.717, 1.165) is 11.1 Å². The van der Waals surface area contributed by atoms with E-state index in [0.29, 0.717) is 10.2 Å². The summed E-state index contributed by atoms with van der Waals surface area (Å²) in [4.78, 5) is 5.40. The second-order valence-corrected chi connectivity index (χ2v) is 9.73. The number of rotatable bonds is 5. The Hall–Kier alpha value is -3.30. The highest BCUT2D eigenvalue weighted by Gasteiger charge is 2.54. The van der Waals surface area contributed by atoms with E-state index in [2.05, 4.69) is 0 Å². The number of sulfonamides is 1. The van der Waals surface area contributed by atoms with Crippen molar-refractivity contribution in [3.8, 4) is 5.75 Å². The predicted molar refractivity (Wildman–Crippen MR) is 121 cm³/mol. The van der Waals surface area contributed by atoms with Crippen molar-refractivity contribution in [1.82, 2.24) is 4.47 Å². The lowest BCUT2D eigenvalue weighted by Crippen LogP contribution is -2.33. The van der Waals surface area contributed by atoms with Crippen molar-refractivity contribution in [2.24, 2.45) is 0 Å². The highest BCUT2D eigenvalue weighted by molar-refractivity contribution is 7.89. The molecule has 0 amide bonds. The molecule has 0 saturated heterocycles. The van der Waals surface area contributed by atoms with Crippen LogP contribution in [0, 0.1) is 13.8 Å². The molecule has 0 aliphatic carbocycles. The fourth-order valence-electron chi connectivity index (χ4n) is 3.69. The highest BCUT2D eigenvalue weighted by Crippen LogP contribution is 2.51.